The zero-order chi connectivity index (χ0) is 11.6. The van der Waals surface area contributed by atoms with Crippen LogP contribution < -0.4 is 11.1 Å². The fourth-order valence-electron chi connectivity index (χ4n) is 3.38. The van der Waals surface area contributed by atoms with E-state index in [0.717, 1.165) is 18.4 Å². The molecule has 16 heavy (non-hydrogen) atoms. The van der Waals surface area contributed by atoms with Crippen molar-refractivity contribution in [1.82, 2.24) is 5.32 Å². The predicted molar refractivity (Wildman–Crippen MR) is 69.4 cm³/mol. The smallest absolute Gasteiger partial charge is 0.0309 e. The maximum absolute atomic E-state index is 6.06. The zero-order valence-corrected chi connectivity index (χ0v) is 11.0. The number of hydrogen-bond acceptors (Lipinski definition) is 2. The Bertz CT molecular complexity index is 225. The quantitative estimate of drug-likeness (QED) is 0.753. The molecule has 3 unspecified atom stereocenters. The molecule has 0 amide bonds. The molecule has 2 heteroatoms. The molecule has 2 fully saturated rings. The number of hydrogen-bond donors (Lipinski definition) is 2. The molecule has 0 radical (unpaired) electrons. The third kappa shape index (κ3) is 2.78. The van der Waals surface area contributed by atoms with Gasteiger partial charge >= 0.3 is 0 Å². The van der Waals surface area contributed by atoms with Gasteiger partial charge in [-0.2, -0.15) is 0 Å². The number of nitrogens with one attached hydrogen (secondary N) is 1. The monoisotopic (exact) mass is 224 g/mol. The van der Waals surface area contributed by atoms with E-state index in [-0.39, 0.29) is 5.54 Å². The highest BCUT2D eigenvalue weighted by atomic mass is 15.0. The van der Waals surface area contributed by atoms with E-state index in [2.05, 4.69) is 19.2 Å². The van der Waals surface area contributed by atoms with Crippen LogP contribution in [0.1, 0.15) is 58.8 Å². The van der Waals surface area contributed by atoms with Crippen LogP contribution in [0.3, 0.4) is 0 Å². The molecule has 0 aliphatic heterocycles. The second-order valence-electron chi connectivity index (χ2n) is 6.13. The summed E-state index contributed by atoms with van der Waals surface area (Å²) in [5.74, 6) is 2.01. The van der Waals surface area contributed by atoms with Crippen molar-refractivity contribution in [2.24, 2.45) is 17.6 Å². The first-order chi connectivity index (χ1) is 7.69. The highest BCUT2D eigenvalue weighted by molar-refractivity contribution is 4.99. The molecule has 94 valence electrons. The van der Waals surface area contributed by atoms with Crippen molar-refractivity contribution in [2.45, 2.75) is 70.4 Å². The van der Waals surface area contributed by atoms with Gasteiger partial charge in [-0.25, -0.2) is 0 Å². The van der Waals surface area contributed by atoms with E-state index in [4.69, 9.17) is 5.73 Å². The Morgan fingerprint density at radius 1 is 1.31 bits per heavy atom. The van der Waals surface area contributed by atoms with E-state index >= 15 is 0 Å². The predicted octanol–water partition coefficient (Wildman–Crippen LogP) is 2.67. The minimum absolute atomic E-state index is 0.265. The van der Waals surface area contributed by atoms with Crippen LogP contribution in [0.5, 0.6) is 0 Å². The summed E-state index contributed by atoms with van der Waals surface area (Å²) in [6, 6.07) is 0.613. The van der Waals surface area contributed by atoms with Crippen molar-refractivity contribution < 1.29 is 0 Å². The van der Waals surface area contributed by atoms with Crippen molar-refractivity contribution in [3.63, 3.8) is 0 Å². The maximum Gasteiger partial charge on any atom is 0.0309 e. The summed E-state index contributed by atoms with van der Waals surface area (Å²) in [6.45, 7) is 5.36. The first-order valence-corrected chi connectivity index (χ1v) is 7.17. The molecular weight excluding hydrogens is 196 g/mol. The number of rotatable bonds is 5. The van der Waals surface area contributed by atoms with Crippen molar-refractivity contribution in [3.8, 4) is 0 Å². The van der Waals surface area contributed by atoms with Gasteiger partial charge in [-0.3, -0.25) is 0 Å². The van der Waals surface area contributed by atoms with E-state index in [1.807, 2.05) is 0 Å². The highest BCUT2D eigenvalue weighted by Crippen LogP contribution is 2.46. The Kier molecular flexibility index (Phi) is 3.91. The first-order valence-electron chi connectivity index (χ1n) is 7.17. The Hall–Kier alpha value is -0.0800. The van der Waals surface area contributed by atoms with Crippen LogP contribution in [0.25, 0.3) is 0 Å². The molecule has 0 saturated heterocycles. The standard InChI is InChI=1S/C14H28N2/c1-3-11(2)16-14(10-15)8-4-5-13(9-14)12-6-7-12/h11-13,16H,3-10,15H2,1-2H3. The van der Waals surface area contributed by atoms with E-state index in [1.54, 1.807) is 0 Å². The Morgan fingerprint density at radius 3 is 2.62 bits per heavy atom. The van der Waals surface area contributed by atoms with Crippen LogP contribution in [0.15, 0.2) is 0 Å². The van der Waals surface area contributed by atoms with Gasteiger partial charge in [-0.15, -0.1) is 0 Å². The molecule has 3 N–H and O–H groups in total. The molecule has 2 nitrogen and oxygen atoms in total. The summed E-state index contributed by atoms with van der Waals surface area (Å²) in [5, 5.41) is 3.82. The zero-order valence-electron chi connectivity index (χ0n) is 11.0. The molecule has 0 spiro atoms. The third-order valence-corrected chi connectivity index (χ3v) is 4.73. The summed E-state index contributed by atoms with van der Waals surface area (Å²) in [7, 11) is 0. The van der Waals surface area contributed by atoms with Crippen LogP contribution in [0.4, 0.5) is 0 Å². The molecule has 2 saturated carbocycles. The fourth-order valence-corrected chi connectivity index (χ4v) is 3.38. The molecule has 3 atom stereocenters. The molecule has 2 aliphatic rings. The minimum Gasteiger partial charge on any atom is -0.329 e. The summed E-state index contributed by atoms with van der Waals surface area (Å²) < 4.78 is 0. The van der Waals surface area contributed by atoms with Crippen molar-refractivity contribution >= 4 is 0 Å². The van der Waals surface area contributed by atoms with Gasteiger partial charge in [0.2, 0.25) is 0 Å². The third-order valence-electron chi connectivity index (χ3n) is 4.73. The van der Waals surface area contributed by atoms with Crippen molar-refractivity contribution in [1.29, 1.82) is 0 Å². The minimum atomic E-state index is 0.265. The van der Waals surface area contributed by atoms with Gasteiger partial charge in [0.05, 0.1) is 0 Å². The molecule has 0 bridgehead atoms. The van der Waals surface area contributed by atoms with Crippen LogP contribution in [-0.4, -0.2) is 18.1 Å². The molecule has 2 rings (SSSR count). The molecule has 0 aromatic rings. The lowest BCUT2D eigenvalue weighted by Crippen LogP contribution is -2.57. The Morgan fingerprint density at radius 2 is 2.06 bits per heavy atom. The van der Waals surface area contributed by atoms with Gasteiger partial charge in [0, 0.05) is 18.1 Å². The highest BCUT2D eigenvalue weighted by Gasteiger charge is 2.41. The largest absolute Gasteiger partial charge is 0.329 e. The van der Waals surface area contributed by atoms with Crippen molar-refractivity contribution in [2.75, 3.05) is 6.54 Å². The Labute approximate surface area is 100 Å². The van der Waals surface area contributed by atoms with Gasteiger partial charge < -0.3 is 11.1 Å². The van der Waals surface area contributed by atoms with Crippen LogP contribution in [-0.2, 0) is 0 Å². The fraction of sp³-hybridized carbons (Fsp3) is 1.00. The summed E-state index contributed by atoms with van der Waals surface area (Å²) in [5.41, 5.74) is 6.33. The molecule has 2 aliphatic carbocycles. The van der Waals surface area contributed by atoms with Gasteiger partial charge in [-0.1, -0.05) is 19.8 Å². The SMILES string of the molecule is CCC(C)NC1(CN)CCCC(C2CC2)C1. The normalized spacial score (nSPS) is 37.3. The van der Waals surface area contributed by atoms with E-state index in [0.29, 0.717) is 6.04 Å². The summed E-state index contributed by atoms with van der Waals surface area (Å²) in [4.78, 5) is 0. The lowest BCUT2D eigenvalue weighted by Gasteiger charge is -2.43. The lowest BCUT2D eigenvalue weighted by atomic mass is 9.73. The van der Waals surface area contributed by atoms with Gasteiger partial charge in [0.15, 0.2) is 0 Å². The van der Waals surface area contributed by atoms with E-state index < -0.39 is 0 Å². The van der Waals surface area contributed by atoms with E-state index in [1.165, 1.54) is 44.9 Å². The Balaban J connectivity index is 1.95. The second kappa shape index (κ2) is 5.05. The van der Waals surface area contributed by atoms with E-state index in [9.17, 15) is 0 Å². The van der Waals surface area contributed by atoms with Crippen LogP contribution in [0.2, 0.25) is 0 Å². The van der Waals surface area contributed by atoms with Gasteiger partial charge in [0.1, 0.15) is 0 Å². The molecular formula is C14H28N2. The van der Waals surface area contributed by atoms with Gasteiger partial charge in [0.25, 0.3) is 0 Å². The maximum atomic E-state index is 6.06. The first kappa shape index (κ1) is 12.4. The lowest BCUT2D eigenvalue weighted by molar-refractivity contribution is 0.156. The number of nitrogens with two attached hydrogens (primary N) is 1. The molecule has 0 aromatic carbocycles. The van der Waals surface area contributed by atoms with Crippen LogP contribution in [0, 0.1) is 11.8 Å². The summed E-state index contributed by atoms with van der Waals surface area (Å²) >= 11 is 0. The topological polar surface area (TPSA) is 38.0 Å². The molecule has 0 aromatic heterocycles. The van der Waals surface area contributed by atoms with Gasteiger partial charge in [-0.05, 0) is 50.9 Å². The second-order valence-corrected chi connectivity index (χ2v) is 6.13. The van der Waals surface area contributed by atoms with Crippen molar-refractivity contribution in [3.05, 3.63) is 0 Å². The average molecular weight is 224 g/mol. The van der Waals surface area contributed by atoms with Crippen LogP contribution >= 0.6 is 0 Å². The average Bonchev–Trinajstić information content (AvgIpc) is 3.13. The summed E-state index contributed by atoms with van der Waals surface area (Å²) in [6.07, 6.45) is 9.62. The molecule has 0 heterocycles.